The molecule has 0 heterocycles. The molecule has 0 bridgehead atoms. The lowest BCUT2D eigenvalue weighted by Crippen LogP contribution is -2.48. The molecule has 8 heteroatoms. The molecular weight excluding hydrogens is 213 g/mol. The molecule has 0 atom stereocenters. The first-order valence-corrected chi connectivity index (χ1v) is 3.54. The van der Waals surface area contributed by atoms with Crippen LogP contribution in [0.5, 0.6) is 0 Å². The minimum atomic E-state index is -5.73. The minimum Gasteiger partial charge on any atom is -0.465 e. The van der Waals surface area contributed by atoms with E-state index < -0.39 is 31.3 Å². The van der Waals surface area contributed by atoms with E-state index in [-0.39, 0.29) is 4.90 Å². The molecule has 0 radical (unpaired) electrons. The van der Waals surface area contributed by atoms with Crippen molar-refractivity contribution in [3.63, 3.8) is 0 Å². The van der Waals surface area contributed by atoms with E-state index >= 15 is 0 Å². The highest BCUT2D eigenvalue weighted by atomic mass is 19.4. The number of halogens is 5. The molecule has 0 aromatic carbocycles. The summed E-state index contributed by atoms with van der Waals surface area (Å²) in [6.07, 6.45) is -7.54. The average Bonchev–Trinajstić information content (AvgIpc) is 1.97. The van der Waals surface area contributed by atoms with Crippen LogP contribution >= 0.6 is 0 Å². The van der Waals surface area contributed by atoms with Gasteiger partial charge in [0.1, 0.15) is 0 Å². The summed E-state index contributed by atoms with van der Waals surface area (Å²) in [5.41, 5.74) is 0. The zero-order valence-corrected chi connectivity index (χ0v) is 7.11. The molecule has 0 saturated heterocycles. The third kappa shape index (κ3) is 3.00. The second-order valence-corrected chi connectivity index (χ2v) is 2.50. The van der Waals surface area contributed by atoms with Crippen molar-refractivity contribution in [2.24, 2.45) is 0 Å². The summed E-state index contributed by atoms with van der Waals surface area (Å²) in [6, 6.07) is 0. The van der Waals surface area contributed by atoms with E-state index in [9.17, 15) is 26.7 Å². The molecule has 0 aliphatic heterocycles. The van der Waals surface area contributed by atoms with E-state index in [2.05, 4.69) is 0 Å². The van der Waals surface area contributed by atoms with Crippen molar-refractivity contribution >= 4 is 6.09 Å². The molecule has 0 saturated carbocycles. The first-order chi connectivity index (χ1) is 6.12. The molecule has 1 N–H and O–H groups in total. The summed E-state index contributed by atoms with van der Waals surface area (Å²) in [5.74, 6) is -5.01. The first kappa shape index (κ1) is 12.9. The van der Waals surface area contributed by atoms with Crippen LogP contribution in [0.15, 0.2) is 0 Å². The molecule has 0 spiro atoms. The smallest absolute Gasteiger partial charge is 0.455 e. The zero-order valence-electron chi connectivity index (χ0n) is 7.11. The molecule has 0 aliphatic rings. The lowest BCUT2D eigenvalue weighted by molar-refractivity contribution is -0.284. The van der Waals surface area contributed by atoms with E-state index in [0.29, 0.717) is 0 Å². The van der Waals surface area contributed by atoms with Gasteiger partial charge in [0.05, 0.1) is 6.54 Å². The lowest BCUT2D eigenvalue weighted by atomic mass is 10.3. The number of alkyl halides is 5. The molecule has 0 aromatic rings. The first-order valence-electron chi connectivity index (χ1n) is 3.54. The van der Waals surface area contributed by atoms with E-state index in [1.165, 1.54) is 6.92 Å². The fourth-order valence-corrected chi connectivity index (χ4v) is 0.644. The van der Waals surface area contributed by atoms with Crippen molar-refractivity contribution in [2.75, 3.05) is 13.1 Å². The third-order valence-electron chi connectivity index (χ3n) is 1.46. The molecule has 84 valence electrons. The predicted molar refractivity (Wildman–Crippen MR) is 36.3 cm³/mol. The van der Waals surface area contributed by atoms with Gasteiger partial charge in [-0.25, -0.2) is 4.79 Å². The largest absolute Gasteiger partial charge is 0.465 e. The molecule has 1 amide bonds. The van der Waals surface area contributed by atoms with Crippen LogP contribution in [0.4, 0.5) is 26.7 Å². The Labute approximate surface area is 76.1 Å². The van der Waals surface area contributed by atoms with Crippen molar-refractivity contribution in [3.8, 4) is 0 Å². The van der Waals surface area contributed by atoms with Crippen LogP contribution in [0.2, 0.25) is 0 Å². The average molecular weight is 221 g/mol. The highest BCUT2D eigenvalue weighted by Crippen LogP contribution is 2.35. The van der Waals surface area contributed by atoms with Crippen LogP contribution in [0.1, 0.15) is 6.92 Å². The van der Waals surface area contributed by atoms with E-state index in [0.717, 1.165) is 0 Å². The highest BCUT2D eigenvalue weighted by Gasteiger charge is 2.58. The van der Waals surface area contributed by atoms with Gasteiger partial charge in [-0.1, -0.05) is 0 Å². The Balaban J connectivity index is 4.56. The van der Waals surface area contributed by atoms with Crippen molar-refractivity contribution in [1.82, 2.24) is 4.90 Å². The summed E-state index contributed by atoms with van der Waals surface area (Å²) < 4.78 is 59.5. The molecule has 0 unspecified atom stereocenters. The topological polar surface area (TPSA) is 40.5 Å². The van der Waals surface area contributed by atoms with Gasteiger partial charge in [-0.3, -0.25) is 0 Å². The number of rotatable bonds is 3. The second kappa shape index (κ2) is 3.97. The Morgan fingerprint density at radius 2 is 1.71 bits per heavy atom. The summed E-state index contributed by atoms with van der Waals surface area (Å²) in [5, 5.41) is 8.23. The van der Waals surface area contributed by atoms with Gasteiger partial charge in [-0.15, -0.1) is 0 Å². The van der Waals surface area contributed by atoms with Gasteiger partial charge in [0, 0.05) is 6.54 Å². The Morgan fingerprint density at radius 3 is 1.93 bits per heavy atom. The molecule has 0 aromatic heterocycles. The van der Waals surface area contributed by atoms with Crippen LogP contribution in [0.3, 0.4) is 0 Å². The number of hydrogen-bond acceptors (Lipinski definition) is 1. The molecule has 3 nitrogen and oxygen atoms in total. The zero-order chi connectivity index (χ0) is 11.6. The van der Waals surface area contributed by atoms with Gasteiger partial charge in [-0.05, 0) is 6.92 Å². The molecule has 0 rings (SSSR count). The fourth-order valence-electron chi connectivity index (χ4n) is 0.644. The van der Waals surface area contributed by atoms with Crippen LogP contribution in [0, 0.1) is 0 Å². The lowest BCUT2D eigenvalue weighted by Gasteiger charge is -2.25. The third-order valence-corrected chi connectivity index (χ3v) is 1.46. The van der Waals surface area contributed by atoms with Gasteiger partial charge in [0.15, 0.2) is 0 Å². The Hall–Kier alpha value is -1.08. The van der Waals surface area contributed by atoms with E-state index in [1.807, 2.05) is 0 Å². The van der Waals surface area contributed by atoms with Gasteiger partial charge >= 0.3 is 18.2 Å². The maximum absolute atomic E-state index is 12.3. The van der Waals surface area contributed by atoms with Crippen molar-refractivity contribution < 1.29 is 31.9 Å². The number of carboxylic acid groups (broad SMARTS) is 1. The molecule has 14 heavy (non-hydrogen) atoms. The van der Waals surface area contributed by atoms with Gasteiger partial charge < -0.3 is 10.0 Å². The Morgan fingerprint density at radius 1 is 1.29 bits per heavy atom. The Bertz CT molecular complexity index is 215. The summed E-state index contributed by atoms with van der Waals surface area (Å²) in [7, 11) is 0. The Kier molecular flexibility index (Phi) is 3.66. The standard InChI is InChI=1S/C6H8F5NO2/c1-2-12(4(13)14)3-5(7,8)6(9,10)11/h2-3H2,1H3,(H,13,14). The normalized spacial score (nSPS) is 12.7. The quantitative estimate of drug-likeness (QED) is 0.742. The van der Waals surface area contributed by atoms with Crippen LogP contribution in [-0.4, -0.2) is 41.3 Å². The number of amides is 1. The van der Waals surface area contributed by atoms with Gasteiger partial charge in [-0.2, -0.15) is 22.0 Å². The van der Waals surface area contributed by atoms with E-state index in [1.54, 1.807) is 0 Å². The van der Waals surface area contributed by atoms with Gasteiger partial charge in [0.2, 0.25) is 0 Å². The van der Waals surface area contributed by atoms with Crippen LogP contribution < -0.4 is 0 Å². The van der Waals surface area contributed by atoms with Crippen molar-refractivity contribution in [2.45, 2.75) is 19.0 Å². The fraction of sp³-hybridized carbons (Fsp3) is 0.833. The van der Waals surface area contributed by atoms with Crippen molar-refractivity contribution in [3.05, 3.63) is 0 Å². The number of carbonyl (C=O) groups is 1. The van der Waals surface area contributed by atoms with E-state index in [4.69, 9.17) is 5.11 Å². The second-order valence-electron chi connectivity index (χ2n) is 2.50. The SMILES string of the molecule is CCN(CC(F)(F)C(F)(F)F)C(=O)O. The molecular formula is C6H8F5NO2. The predicted octanol–water partition coefficient (Wildman–Crippen LogP) is 2.18. The monoisotopic (exact) mass is 221 g/mol. The summed E-state index contributed by atoms with van der Waals surface area (Å²) >= 11 is 0. The highest BCUT2D eigenvalue weighted by molar-refractivity contribution is 5.64. The maximum atomic E-state index is 12.3. The molecule has 0 fully saturated rings. The summed E-state index contributed by atoms with van der Waals surface area (Å²) in [4.78, 5) is 10.2. The number of nitrogens with zero attached hydrogens (tertiary/aromatic N) is 1. The minimum absolute atomic E-state index is 0.00646. The summed E-state index contributed by atoms with van der Waals surface area (Å²) in [6.45, 7) is -1.14. The van der Waals surface area contributed by atoms with Crippen LogP contribution in [0.25, 0.3) is 0 Å². The molecule has 0 aliphatic carbocycles. The van der Waals surface area contributed by atoms with Crippen molar-refractivity contribution in [1.29, 1.82) is 0 Å². The maximum Gasteiger partial charge on any atom is 0.455 e. The van der Waals surface area contributed by atoms with Crippen LogP contribution in [-0.2, 0) is 0 Å². The van der Waals surface area contributed by atoms with Gasteiger partial charge in [0.25, 0.3) is 0 Å². The number of hydrogen-bond donors (Lipinski definition) is 1.